The lowest BCUT2D eigenvalue weighted by Gasteiger charge is -2.13. The summed E-state index contributed by atoms with van der Waals surface area (Å²) >= 11 is 5.40. The molecule has 1 aromatic heterocycles. The smallest absolute Gasteiger partial charge is 0.170 e. The van der Waals surface area contributed by atoms with Gasteiger partial charge in [0, 0.05) is 23.4 Å². The number of fused-ring (bicyclic) bond motifs is 1. The van der Waals surface area contributed by atoms with Crippen LogP contribution in [0.3, 0.4) is 0 Å². The van der Waals surface area contributed by atoms with Gasteiger partial charge in [-0.3, -0.25) is 0 Å². The molecule has 0 radical (unpaired) electrons. The normalized spacial score (nSPS) is 10.7. The number of thiocarbonyl (C=S) groups is 1. The third-order valence-electron chi connectivity index (χ3n) is 4.83. The number of hydrogen-bond acceptors (Lipinski definition) is 3. The zero-order valence-corrected chi connectivity index (χ0v) is 17.7. The molecule has 30 heavy (non-hydrogen) atoms. The van der Waals surface area contributed by atoms with Crippen LogP contribution in [0.15, 0.2) is 78.9 Å². The molecule has 3 aromatic carbocycles. The summed E-state index contributed by atoms with van der Waals surface area (Å²) < 4.78 is 0. The maximum absolute atomic E-state index is 5.40. The van der Waals surface area contributed by atoms with E-state index in [0.717, 1.165) is 58.6 Å². The van der Waals surface area contributed by atoms with Gasteiger partial charge in [-0.25, -0.2) is 9.97 Å². The van der Waals surface area contributed by atoms with Crippen molar-refractivity contribution >= 4 is 34.1 Å². The van der Waals surface area contributed by atoms with Gasteiger partial charge in [-0.05, 0) is 36.8 Å². The highest BCUT2D eigenvalue weighted by atomic mass is 32.1. The van der Waals surface area contributed by atoms with Crippen molar-refractivity contribution in [2.24, 2.45) is 0 Å². The maximum atomic E-state index is 5.40. The molecule has 4 nitrogen and oxygen atoms in total. The first-order valence-electron chi connectivity index (χ1n) is 10.2. The lowest BCUT2D eigenvalue weighted by Crippen LogP contribution is -2.29. The van der Waals surface area contributed by atoms with E-state index < -0.39 is 0 Å². The number of nitrogens with zero attached hydrogens (tertiary/aromatic N) is 2. The molecule has 0 aliphatic carbocycles. The number of aromatic nitrogens is 2. The topological polar surface area (TPSA) is 49.8 Å². The van der Waals surface area contributed by atoms with E-state index in [1.807, 2.05) is 54.6 Å². The fraction of sp³-hybridized carbons (Fsp3) is 0.160. The second-order valence-electron chi connectivity index (χ2n) is 7.09. The van der Waals surface area contributed by atoms with Crippen molar-refractivity contribution in [1.82, 2.24) is 15.3 Å². The zero-order valence-electron chi connectivity index (χ0n) is 16.9. The molecule has 1 heterocycles. The molecule has 0 spiro atoms. The second-order valence-corrected chi connectivity index (χ2v) is 7.50. The summed E-state index contributed by atoms with van der Waals surface area (Å²) in [7, 11) is 0. The zero-order chi connectivity index (χ0) is 20.8. The quantitative estimate of drug-likeness (QED) is 0.298. The Kier molecular flexibility index (Phi) is 6.30. The molecular weight excluding hydrogens is 388 g/mol. The predicted molar refractivity (Wildman–Crippen MR) is 130 cm³/mol. The monoisotopic (exact) mass is 412 g/mol. The van der Waals surface area contributed by atoms with Gasteiger partial charge in [-0.2, -0.15) is 0 Å². The van der Waals surface area contributed by atoms with Crippen LogP contribution >= 0.6 is 12.2 Å². The molecule has 4 rings (SSSR count). The van der Waals surface area contributed by atoms with Gasteiger partial charge in [-0.1, -0.05) is 74.0 Å². The first-order chi connectivity index (χ1) is 14.7. The number of hydrogen-bond donors (Lipinski definition) is 2. The minimum atomic E-state index is 0.625. The molecule has 0 bridgehead atoms. The van der Waals surface area contributed by atoms with Gasteiger partial charge < -0.3 is 10.6 Å². The van der Waals surface area contributed by atoms with Gasteiger partial charge in [-0.15, -0.1) is 0 Å². The lowest BCUT2D eigenvalue weighted by atomic mass is 10.0. The average molecular weight is 413 g/mol. The lowest BCUT2D eigenvalue weighted by molar-refractivity contribution is 0.758. The van der Waals surface area contributed by atoms with Crippen LogP contribution in [0.5, 0.6) is 0 Å². The van der Waals surface area contributed by atoms with E-state index >= 15 is 0 Å². The Labute approximate surface area is 182 Å². The van der Waals surface area contributed by atoms with Crippen molar-refractivity contribution in [2.45, 2.75) is 19.8 Å². The SMILES string of the molecule is CCCCNC(=S)Nc1ccc2nc(-c3ccccc3)c(-c3ccccc3)nc2c1. The van der Waals surface area contributed by atoms with Crippen LogP contribution in [0.4, 0.5) is 5.69 Å². The third-order valence-corrected chi connectivity index (χ3v) is 5.08. The molecule has 2 N–H and O–H groups in total. The van der Waals surface area contributed by atoms with Crippen LogP contribution in [-0.4, -0.2) is 21.6 Å². The molecule has 0 saturated heterocycles. The van der Waals surface area contributed by atoms with Gasteiger partial charge in [0.15, 0.2) is 5.11 Å². The summed E-state index contributed by atoms with van der Waals surface area (Å²) in [6.45, 7) is 3.03. The molecule has 0 saturated carbocycles. The van der Waals surface area contributed by atoms with E-state index in [2.05, 4.69) is 41.8 Å². The minimum absolute atomic E-state index is 0.625. The number of anilines is 1. The second kappa shape index (κ2) is 9.46. The van der Waals surface area contributed by atoms with Gasteiger partial charge in [0.25, 0.3) is 0 Å². The molecule has 0 amide bonds. The summed E-state index contributed by atoms with van der Waals surface area (Å²) in [5, 5.41) is 7.11. The summed E-state index contributed by atoms with van der Waals surface area (Å²) in [5.41, 5.74) is 6.42. The maximum Gasteiger partial charge on any atom is 0.170 e. The molecule has 0 fully saturated rings. The van der Waals surface area contributed by atoms with Gasteiger partial charge in [0.2, 0.25) is 0 Å². The average Bonchev–Trinajstić information content (AvgIpc) is 2.79. The molecular formula is C25H24N4S. The first kappa shape index (κ1) is 20.0. The fourth-order valence-electron chi connectivity index (χ4n) is 3.28. The fourth-order valence-corrected chi connectivity index (χ4v) is 3.50. The Hall–Kier alpha value is -3.31. The van der Waals surface area contributed by atoms with Crippen LogP contribution in [0.2, 0.25) is 0 Å². The Morgan fingerprint density at radius 1 is 0.800 bits per heavy atom. The summed E-state index contributed by atoms with van der Waals surface area (Å²) in [4.78, 5) is 9.96. The van der Waals surface area contributed by atoms with Crippen molar-refractivity contribution in [1.29, 1.82) is 0 Å². The molecule has 0 unspecified atom stereocenters. The Morgan fingerprint density at radius 3 is 2.00 bits per heavy atom. The molecule has 4 aromatic rings. The predicted octanol–water partition coefficient (Wildman–Crippen LogP) is 6.05. The van der Waals surface area contributed by atoms with Crippen LogP contribution in [0.1, 0.15) is 19.8 Å². The highest BCUT2D eigenvalue weighted by Crippen LogP contribution is 2.31. The van der Waals surface area contributed by atoms with Crippen LogP contribution in [-0.2, 0) is 0 Å². The van der Waals surface area contributed by atoms with Crippen molar-refractivity contribution in [3.8, 4) is 22.5 Å². The van der Waals surface area contributed by atoms with Crippen LogP contribution in [0.25, 0.3) is 33.5 Å². The first-order valence-corrected chi connectivity index (χ1v) is 10.6. The third kappa shape index (κ3) is 4.63. The van der Waals surface area contributed by atoms with Crippen molar-refractivity contribution in [3.05, 3.63) is 78.9 Å². The summed E-state index contributed by atoms with van der Waals surface area (Å²) in [5.74, 6) is 0. The summed E-state index contributed by atoms with van der Waals surface area (Å²) in [6.07, 6.45) is 2.22. The highest BCUT2D eigenvalue weighted by molar-refractivity contribution is 7.80. The summed E-state index contributed by atoms with van der Waals surface area (Å²) in [6, 6.07) is 26.4. The largest absolute Gasteiger partial charge is 0.362 e. The Morgan fingerprint density at radius 2 is 1.40 bits per heavy atom. The van der Waals surface area contributed by atoms with Gasteiger partial charge in [0.1, 0.15) is 0 Å². The number of benzene rings is 3. The molecule has 5 heteroatoms. The van der Waals surface area contributed by atoms with Gasteiger partial charge in [0.05, 0.1) is 22.4 Å². The standard InChI is InChI=1S/C25H24N4S/c1-2-3-16-26-25(30)27-20-14-15-21-22(17-20)29-24(19-12-8-5-9-13-19)23(28-21)18-10-6-4-7-11-18/h4-15,17H,2-3,16H2,1H3,(H2,26,27,30). The highest BCUT2D eigenvalue weighted by Gasteiger charge is 2.13. The Bertz CT molecular complexity index is 1140. The molecule has 150 valence electrons. The molecule has 0 atom stereocenters. The van der Waals surface area contributed by atoms with Crippen molar-refractivity contribution in [3.63, 3.8) is 0 Å². The number of unbranched alkanes of at least 4 members (excludes halogenated alkanes) is 1. The van der Waals surface area contributed by atoms with E-state index in [4.69, 9.17) is 22.2 Å². The minimum Gasteiger partial charge on any atom is -0.362 e. The van der Waals surface area contributed by atoms with Crippen molar-refractivity contribution in [2.75, 3.05) is 11.9 Å². The van der Waals surface area contributed by atoms with E-state index in [1.165, 1.54) is 0 Å². The number of rotatable bonds is 6. The van der Waals surface area contributed by atoms with Crippen LogP contribution in [0, 0.1) is 0 Å². The van der Waals surface area contributed by atoms with Crippen molar-refractivity contribution < 1.29 is 0 Å². The molecule has 0 aliphatic heterocycles. The van der Waals surface area contributed by atoms with Gasteiger partial charge >= 0.3 is 0 Å². The van der Waals surface area contributed by atoms with E-state index in [1.54, 1.807) is 0 Å². The Balaban J connectivity index is 1.73. The number of nitrogens with one attached hydrogen (secondary N) is 2. The van der Waals surface area contributed by atoms with E-state index in [9.17, 15) is 0 Å². The van der Waals surface area contributed by atoms with E-state index in [-0.39, 0.29) is 0 Å². The van der Waals surface area contributed by atoms with E-state index in [0.29, 0.717) is 5.11 Å². The van der Waals surface area contributed by atoms with Crippen LogP contribution < -0.4 is 10.6 Å². The molecule has 0 aliphatic rings.